The second kappa shape index (κ2) is 5.71. The molecular weight excluding hydrogens is 210 g/mol. The van der Waals surface area contributed by atoms with Gasteiger partial charge in [-0.15, -0.1) is 0 Å². The number of aliphatic hydroxyl groups excluding tert-OH is 1. The Hall–Kier alpha value is -0.0800. The van der Waals surface area contributed by atoms with Crippen LogP contribution in [0.15, 0.2) is 0 Å². The molecule has 1 N–H and O–H groups in total. The average molecular weight is 241 g/mol. The molecule has 0 aliphatic carbocycles. The molecule has 1 fully saturated rings. The second-order valence-corrected chi connectivity index (χ2v) is 7.24. The summed E-state index contributed by atoms with van der Waals surface area (Å²) in [6.45, 7) is 13.3. The number of aliphatic hydroxyl groups is 1. The number of likely N-dealkylation sites (tertiary alicyclic amines) is 1. The van der Waals surface area contributed by atoms with Gasteiger partial charge in [-0.25, -0.2) is 0 Å². The standard InChI is InChI=1S/C15H31NO/c1-14(2,3)16-12-13(11-15(16,4)5)9-7-6-8-10-17/h13,17H,6-12H2,1-5H3. The summed E-state index contributed by atoms with van der Waals surface area (Å²) in [7, 11) is 0. The van der Waals surface area contributed by atoms with E-state index in [0.717, 1.165) is 12.3 Å². The van der Waals surface area contributed by atoms with Crippen molar-refractivity contribution >= 4 is 0 Å². The highest BCUT2D eigenvalue weighted by Gasteiger charge is 2.42. The molecule has 0 saturated carbocycles. The van der Waals surface area contributed by atoms with Gasteiger partial charge in [0.05, 0.1) is 0 Å². The lowest BCUT2D eigenvalue weighted by atomic mass is 9.91. The normalized spacial score (nSPS) is 25.4. The number of unbranched alkanes of at least 4 members (excludes halogenated alkanes) is 2. The minimum Gasteiger partial charge on any atom is -0.396 e. The Bertz CT molecular complexity index is 230. The van der Waals surface area contributed by atoms with Crippen LogP contribution in [0, 0.1) is 5.92 Å². The summed E-state index contributed by atoms with van der Waals surface area (Å²) in [6, 6.07) is 0. The smallest absolute Gasteiger partial charge is 0.0431 e. The third kappa shape index (κ3) is 4.26. The van der Waals surface area contributed by atoms with Gasteiger partial charge in [-0.2, -0.15) is 0 Å². The van der Waals surface area contributed by atoms with Crippen LogP contribution in [0.25, 0.3) is 0 Å². The van der Waals surface area contributed by atoms with E-state index in [1.165, 1.54) is 32.2 Å². The average Bonchev–Trinajstić information content (AvgIpc) is 2.48. The number of hydrogen-bond acceptors (Lipinski definition) is 2. The maximum atomic E-state index is 8.78. The maximum Gasteiger partial charge on any atom is 0.0431 e. The second-order valence-electron chi connectivity index (χ2n) is 7.24. The first-order chi connectivity index (χ1) is 7.77. The van der Waals surface area contributed by atoms with Crippen LogP contribution in [0.2, 0.25) is 0 Å². The molecule has 0 spiro atoms. The van der Waals surface area contributed by atoms with Gasteiger partial charge in [-0.3, -0.25) is 4.90 Å². The van der Waals surface area contributed by atoms with Gasteiger partial charge in [0, 0.05) is 24.2 Å². The van der Waals surface area contributed by atoms with Crippen molar-refractivity contribution in [1.82, 2.24) is 4.90 Å². The zero-order valence-corrected chi connectivity index (χ0v) is 12.4. The highest BCUT2D eigenvalue weighted by molar-refractivity contribution is 4.98. The Morgan fingerprint density at radius 3 is 2.29 bits per heavy atom. The molecule has 1 heterocycles. The van der Waals surface area contributed by atoms with E-state index in [2.05, 4.69) is 39.5 Å². The molecule has 0 amide bonds. The highest BCUT2D eigenvalue weighted by Crippen LogP contribution is 2.39. The molecule has 0 aromatic heterocycles. The van der Waals surface area contributed by atoms with E-state index in [9.17, 15) is 0 Å². The molecule has 1 unspecified atom stereocenters. The molecule has 0 radical (unpaired) electrons. The Balaban J connectivity index is 2.42. The summed E-state index contributed by atoms with van der Waals surface area (Å²) in [6.07, 6.45) is 6.08. The van der Waals surface area contributed by atoms with Gasteiger partial charge in [0.25, 0.3) is 0 Å². The van der Waals surface area contributed by atoms with E-state index in [1.807, 2.05) is 0 Å². The maximum absolute atomic E-state index is 8.78. The van der Waals surface area contributed by atoms with Crippen LogP contribution in [0.1, 0.15) is 66.7 Å². The van der Waals surface area contributed by atoms with Crippen molar-refractivity contribution in [3.05, 3.63) is 0 Å². The van der Waals surface area contributed by atoms with Crippen molar-refractivity contribution in [2.75, 3.05) is 13.2 Å². The fourth-order valence-corrected chi connectivity index (χ4v) is 3.48. The fourth-order valence-electron chi connectivity index (χ4n) is 3.48. The lowest BCUT2D eigenvalue weighted by Crippen LogP contribution is -2.50. The summed E-state index contributed by atoms with van der Waals surface area (Å²) >= 11 is 0. The van der Waals surface area contributed by atoms with Gasteiger partial charge in [0.2, 0.25) is 0 Å². The van der Waals surface area contributed by atoms with E-state index in [1.54, 1.807) is 0 Å². The quantitative estimate of drug-likeness (QED) is 0.745. The molecule has 1 aliphatic rings. The van der Waals surface area contributed by atoms with E-state index >= 15 is 0 Å². The lowest BCUT2D eigenvalue weighted by molar-refractivity contribution is 0.0669. The van der Waals surface area contributed by atoms with E-state index in [0.29, 0.717) is 12.1 Å². The number of hydrogen-bond donors (Lipinski definition) is 1. The molecule has 1 atom stereocenters. The van der Waals surface area contributed by atoms with Crippen LogP contribution in [0.4, 0.5) is 0 Å². The molecular formula is C15H31NO. The van der Waals surface area contributed by atoms with Crippen LogP contribution < -0.4 is 0 Å². The van der Waals surface area contributed by atoms with Gasteiger partial charge >= 0.3 is 0 Å². The van der Waals surface area contributed by atoms with Crippen molar-refractivity contribution in [3.63, 3.8) is 0 Å². The third-order valence-corrected chi connectivity index (χ3v) is 4.04. The van der Waals surface area contributed by atoms with Gasteiger partial charge < -0.3 is 5.11 Å². The fraction of sp³-hybridized carbons (Fsp3) is 1.00. The molecule has 0 aromatic rings. The summed E-state index contributed by atoms with van der Waals surface area (Å²) in [5.74, 6) is 0.850. The first-order valence-corrected chi connectivity index (χ1v) is 7.16. The predicted molar refractivity (Wildman–Crippen MR) is 74.2 cm³/mol. The van der Waals surface area contributed by atoms with Crippen LogP contribution in [-0.2, 0) is 0 Å². The van der Waals surface area contributed by atoms with Gasteiger partial charge in [0.15, 0.2) is 0 Å². The summed E-state index contributed by atoms with van der Waals surface area (Å²) in [4.78, 5) is 2.66. The Labute approximate surface area is 107 Å². The molecule has 17 heavy (non-hydrogen) atoms. The molecule has 2 heteroatoms. The Morgan fingerprint density at radius 2 is 1.82 bits per heavy atom. The van der Waals surface area contributed by atoms with Gasteiger partial charge in [-0.05, 0) is 59.8 Å². The third-order valence-electron chi connectivity index (χ3n) is 4.04. The summed E-state index contributed by atoms with van der Waals surface area (Å²) < 4.78 is 0. The Kier molecular flexibility index (Phi) is 5.03. The molecule has 2 nitrogen and oxygen atoms in total. The van der Waals surface area contributed by atoms with Crippen molar-refractivity contribution in [2.24, 2.45) is 5.92 Å². The molecule has 1 aliphatic heterocycles. The predicted octanol–water partition coefficient (Wildman–Crippen LogP) is 3.44. The van der Waals surface area contributed by atoms with Crippen LogP contribution in [-0.4, -0.2) is 34.2 Å². The van der Waals surface area contributed by atoms with E-state index < -0.39 is 0 Å². The van der Waals surface area contributed by atoms with Crippen molar-refractivity contribution < 1.29 is 5.11 Å². The lowest BCUT2D eigenvalue weighted by Gasteiger charge is -2.42. The van der Waals surface area contributed by atoms with E-state index in [4.69, 9.17) is 5.11 Å². The summed E-state index contributed by atoms with van der Waals surface area (Å²) in [5.41, 5.74) is 0.628. The van der Waals surface area contributed by atoms with Crippen LogP contribution in [0.5, 0.6) is 0 Å². The van der Waals surface area contributed by atoms with Crippen LogP contribution in [0.3, 0.4) is 0 Å². The molecule has 0 aromatic carbocycles. The van der Waals surface area contributed by atoms with Crippen LogP contribution >= 0.6 is 0 Å². The SMILES string of the molecule is CC(C)(C)N1CC(CCCCCO)CC1(C)C. The summed E-state index contributed by atoms with van der Waals surface area (Å²) in [5, 5.41) is 8.78. The number of rotatable bonds is 5. The minimum atomic E-state index is 0.281. The van der Waals surface area contributed by atoms with Gasteiger partial charge in [0.1, 0.15) is 0 Å². The molecule has 102 valence electrons. The largest absolute Gasteiger partial charge is 0.396 e. The first-order valence-electron chi connectivity index (χ1n) is 7.16. The Morgan fingerprint density at radius 1 is 1.18 bits per heavy atom. The zero-order valence-electron chi connectivity index (χ0n) is 12.4. The molecule has 0 bridgehead atoms. The van der Waals surface area contributed by atoms with Gasteiger partial charge in [-0.1, -0.05) is 12.8 Å². The highest BCUT2D eigenvalue weighted by atomic mass is 16.2. The minimum absolute atomic E-state index is 0.281. The van der Waals surface area contributed by atoms with Crippen molar-refractivity contribution in [2.45, 2.75) is 77.8 Å². The van der Waals surface area contributed by atoms with Crippen molar-refractivity contribution in [3.8, 4) is 0 Å². The zero-order chi connectivity index (χ0) is 13.1. The van der Waals surface area contributed by atoms with Crippen molar-refractivity contribution in [1.29, 1.82) is 0 Å². The molecule has 1 rings (SSSR count). The van der Waals surface area contributed by atoms with E-state index in [-0.39, 0.29) is 5.54 Å². The molecule has 1 saturated heterocycles. The first kappa shape index (κ1) is 15.0. The topological polar surface area (TPSA) is 23.5 Å². The number of nitrogens with zero attached hydrogens (tertiary/aromatic N) is 1. The monoisotopic (exact) mass is 241 g/mol.